The number of rotatable bonds is 3. The largest absolute Gasteiger partial charge is 0.494 e. The van der Waals surface area contributed by atoms with Crippen LogP contribution < -0.4 is 15.8 Å². The first-order chi connectivity index (χ1) is 9.51. The van der Waals surface area contributed by atoms with Crippen molar-refractivity contribution in [1.82, 2.24) is 0 Å². The van der Waals surface area contributed by atoms with E-state index in [0.29, 0.717) is 32.7 Å². The van der Waals surface area contributed by atoms with Gasteiger partial charge in [-0.25, -0.2) is 0 Å². The van der Waals surface area contributed by atoms with Gasteiger partial charge in [-0.15, -0.1) is 0 Å². The Kier molecular flexibility index (Phi) is 4.37. The van der Waals surface area contributed by atoms with Crippen LogP contribution in [0.15, 0.2) is 36.4 Å². The maximum Gasteiger partial charge on any atom is 0.255 e. The molecular weight excluding hydrogens is 299 g/mol. The Morgan fingerprint density at radius 2 is 1.85 bits per heavy atom. The molecule has 0 aromatic heterocycles. The minimum absolute atomic E-state index is 0.309. The number of benzene rings is 2. The van der Waals surface area contributed by atoms with Gasteiger partial charge >= 0.3 is 0 Å². The number of nitrogens with two attached hydrogens (primary N) is 1. The number of ether oxygens (including phenoxy) is 1. The van der Waals surface area contributed by atoms with Crippen LogP contribution in [0.2, 0.25) is 10.0 Å². The van der Waals surface area contributed by atoms with E-state index in [-0.39, 0.29) is 5.91 Å². The first kappa shape index (κ1) is 14.5. The van der Waals surface area contributed by atoms with E-state index in [1.54, 1.807) is 36.4 Å². The molecule has 0 saturated heterocycles. The van der Waals surface area contributed by atoms with Crippen LogP contribution in [0.4, 0.5) is 11.4 Å². The van der Waals surface area contributed by atoms with Gasteiger partial charge in [0.2, 0.25) is 0 Å². The number of hydrogen-bond acceptors (Lipinski definition) is 3. The lowest BCUT2D eigenvalue weighted by Crippen LogP contribution is -2.13. The summed E-state index contributed by atoms with van der Waals surface area (Å²) >= 11 is 11.9. The monoisotopic (exact) mass is 310 g/mol. The SMILES string of the molecule is COc1cc(N)cc(Cl)c1NC(=O)c1ccc(Cl)cc1. The first-order valence-electron chi connectivity index (χ1n) is 5.71. The van der Waals surface area contributed by atoms with E-state index in [1.165, 1.54) is 7.11 Å². The van der Waals surface area contributed by atoms with Gasteiger partial charge in [-0.3, -0.25) is 4.79 Å². The van der Waals surface area contributed by atoms with E-state index < -0.39 is 0 Å². The highest BCUT2D eigenvalue weighted by atomic mass is 35.5. The minimum atomic E-state index is -0.313. The molecule has 104 valence electrons. The summed E-state index contributed by atoms with van der Waals surface area (Å²) in [5.74, 6) is 0.0870. The average molecular weight is 311 g/mol. The van der Waals surface area contributed by atoms with Gasteiger partial charge in [0.15, 0.2) is 0 Å². The number of anilines is 2. The molecule has 6 heteroatoms. The van der Waals surface area contributed by atoms with Gasteiger partial charge < -0.3 is 15.8 Å². The van der Waals surface area contributed by atoms with Crippen molar-refractivity contribution >= 4 is 40.5 Å². The van der Waals surface area contributed by atoms with Crippen LogP contribution in [-0.2, 0) is 0 Å². The zero-order valence-electron chi connectivity index (χ0n) is 10.6. The fourth-order valence-corrected chi connectivity index (χ4v) is 2.06. The Bertz CT molecular complexity index is 642. The Morgan fingerprint density at radius 3 is 2.45 bits per heavy atom. The lowest BCUT2D eigenvalue weighted by atomic mass is 10.2. The maximum absolute atomic E-state index is 12.1. The maximum atomic E-state index is 12.1. The van der Waals surface area contributed by atoms with Gasteiger partial charge in [0.05, 0.1) is 12.1 Å². The molecule has 2 rings (SSSR count). The van der Waals surface area contributed by atoms with Crippen LogP contribution in [-0.4, -0.2) is 13.0 Å². The summed E-state index contributed by atoms with van der Waals surface area (Å²) in [6.45, 7) is 0. The van der Waals surface area contributed by atoms with E-state index in [0.717, 1.165) is 0 Å². The highest BCUT2D eigenvalue weighted by molar-refractivity contribution is 6.34. The molecule has 0 radical (unpaired) electrons. The van der Waals surface area contributed by atoms with Crippen LogP contribution in [0.3, 0.4) is 0 Å². The molecule has 0 saturated carbocycles. The second kappa shape index (κ2) is 6.03. The number of halogens is 2. The molecule has 0 unspecified atom stereocenters. The van der Waals surface area contributed by atoms with Gasteiger partial charge in [-0.1, -0.05) is 23.2 Å². The molecule has 0 fully saturated rings. The molecule has 4 nitrogen and oxygen atoms in total. The third-order valence-corrected chi connectivity index (χ3v) is 3.19. The fraction of sp³-hybridized carbons (Fsp3) is 0.0714. The van der Waals surface area contributed by atoms with Crippen molar-refractivity contribution in [2.24, 2.45) is 0 Å². The van der Waals surface area contributed by atoms with Gasteiger partial charge in [0.25, 0.3) is 5.91 Å². The van der Waals surface area contributed by atoms with Gasteiger partial charge in [0, 0.05) is 22.3 Å². The highest BCUT2D eigenvalue weighted by Gasteiger charge is 2.14. The van der Waals surface area contributed by atoms with Crippen molar-refractivity contribution in [3.63, 3.8) is 0 Å². The minimum Gasteiger partial charge on any atom is -0.494 e. The number of hydrogen-bond donors (Lipinski definition) is 2. The molecule has 0 atom stereocenters. The van der Waals surface area contributed by atoms with Crippen molar-refractivity contribution < 1.29 is 9.53 Å². The lowest BCUT2D eigenvalue weighted by molar-refractivity contribution is 0.102. The Hall–Kier alpha value is -1.91. The second-order valence-corrected chi connectivity index (χ2v) is 4.88. The number of nitrogens with one attached hydrogen (secondary N) is 1. The number of nitrogen functional groups attached to an aromatic ring is 1. The highest BCUT2D eigenvalue weighted by Crippen LogP contribution is 2.35. The molecule has 0 heterocycles. The Balaban J connectivity index is 2.30. The van der Waals surface area contributed by atoms with E-state index >= 15 is 0 Å². The predicted octanol–water partition coefficient (Wildman–Crippen LogP) is 3.84. The summed E-state index contributed by atoms with van der Waals surface area (Å²) in [6, 6.07) is 9.65. The zero-order chi connectivity index (χ0) is 14.7. The molecule has 0 aliphatic heterocycles. The third-order valence-electron chi connectivity index (χ3n) is 2.64. The van der Waals surface area contributed by atoms with Crippen LogP contribution in [0, 0.1) is 0 Å². The molecule has 2 aromatic carbocycles. The zero-order valence-corrected chi connectivity index (χ0v) is 12.1. The summed E-state index contributed by atoms with van der Waals surface area (Å²) < 4.78 is 5.16. The van der Waals surface area contributed by atoms with Crippen LogP contribution >= 0.6 is 23.2 Å². The van der Waals surface area contributed by atoms with Gasteiger partial charge in [0.1, 0.15) is 11.4 Å². The molecule has 1 amide bonds. The van der Waals surface area contributed by atoms with E-state index in [9.17, 15) is 4.79 Å². The average Bonchev–Trinajstić information content (AvgIpc) is 2.42. The van der Waals surface area contributed by atoms with Gasteiger partial charge in [-0.2, -0.15) is 0 Å². The predicted molar refractivity (Wildman–Crippen MR) is 81.8 cm³/mol. The summed E-state index contributed by atoms with van der Waals surface area (Å²) in [4.78, 5) is 12.1. The molecule has 0 aliphatic rings. The van der Waals surface area contributed by atoms with E-state index in [4.69, 9.17) is 33.7 Å². The molecule has 0 bridgehead atoms. The first-order valence-corrected chi connectivity index (χ1v) is 6.47. The molecule has 2 aromatic rings. The third kappa shape index (κ3) is 3.15. The number of methoxy groups -OCH3 is 1. The quantitative estimate of drug-likeness (QED) is 0.847. The second-order valence-electron chi connectivity index (χ2n) is 4.04. The van der Waals surface area contributed by atoms with Crippen molar-refractivity contribution in [3.05, 3.63) is 52.0 Å². The van der Waals surface area contributed by atoms with Crippen molar-refractivity contribution in [2.75, 3.05) is 18.2 Å². The summed E-state index contributed by atoms with van der Waals surface area (Å²) in [6.07, 6.45) is 0. The Labute approximate surface area is 126 Å². The van der Waals surface area contributed by atoms with Crippen molar-refractivity contribution in [2.45, 2.75) is 0 Å². The molecular formula is C14H12Cl2N2O2. The number of carbonyl (C=O) groups excluding carboxylic acids is 1. The summed E-state index contributed by atoms with van der Waals surface area (Å²) in [7, 11) is 1.48. The molecule has 0 aliphatic carbocycles. The van der Waals surface area contributed by atoms with Gasteiger partial charge in [-0.05, 0) is 30.3 Å². The molecule has 3 N–H and O–H groups in total. The summed E-state index contributed by atoms with van der Waals surface area (Å²) in [5, 5.41) is 3.57. The lowest BCUT2D eigenvalue weighted by Gasteiger charge is -2.13. The summed E-state index contributed by atoms with van der Waals surface area (Å²) in [5.41, 5.74) is 6.97. The fourth-order valence-electron chi connectivity index (χ4n) is 1.67. The number of carbonyl (C=O) groups is 1. The van der Waals surface area contributed by atoms with Crippen molar-refractivity contribution in [1.29, 1.82) is 0 Å². The van der Waals surface area contributed by atoms with Crippen LogP contribution in [0.1, 0.15) is 10.4 Å². The Morgan fingerprint density at radius 1 is 1.20 bits per heavy atom. The standard InChI is InChI=1S/C14H12Cl2N2O2/c1-20-12-7-10(17)6-11(16)13(12)18-14(19)8-2-4-9(15)5-3-8/h2-7H,17H2,1H3,(H,18,19). The normalized spacial score (nSPS) is 10.2. The van der Waals surface area contributed by atoms with E-state index in [2.05, 4.69) is 5.32 Å². The van der Waals surface area contributed by atoms with E-state index in [1.807, 2.05) is 0 Å². The van der Waals surface area contributed by atoms with Crippen LogP contribution in [0.5, 0.6) is 5.75 Å². The van der Waals surface area contributed by atoms with Crippen molar-refractivity contribution in [3.8, 4) is 5.75 Å². The van der Waals surface area contributed by atoms with Crippen LogP contribution in [0.25, 0.3) is 0 Å². The molecule has 20 heavy (non-hydrogen) atoms. The molecule has 0 spiro atoms. The number of amides is 1. The smallest absolute Gasteiger partial charge is 0.255 e. The topological polar surface area (TPSA) is 64.3 Å².